The van der Waals surface area contributed by atoms with Gasteiger partial charge >= 0.3 is 0 Å². The molecule has 320 valence electrons. The smallest absolute Gasteiger partial charge is 0.296 e. The van der Waals surface area contributed by atoms with E-state index in [1.54, 1.807) is 0 Å². The molecule has 0 radical (unpaired) electrons. The molecule has 6 rings (SSSR count). The number of nitrogens with zero attached hydrogens (tertiary/aromatic N) is 4. The Hall–Kier alpha value is -6.40. The van der Waals surface area contributed by atoms with Crippen molar-refractivity contribution >= 4 is 96.1 Å². The molecule has 23 nitrogen and oxygen atoms in total. The number of rotatable bonds is 13. The Bertz CT molecular complexity index is 3310. The predicted octanol–water partition coefficient (Wildman–Crippen LogP) is 4.54. The molecule has 0 aromatic heterocycles. The average Bonchev–Trinajstić information content (AvgIpc) is 3.18. The van der Waals surface area contributed by atoms with Crippen molar-refractivity contribution in [3.63, 3.8) is 0 Å². The summed E-state index contributed by atoms with van der Waals surface area (Å²) in [5.74, 6) is -1.92. The summed E-state index contributed by atoms with van der Waals surface area (Å²) in [4.78, 5) is -3.21. The zero-order valence-corrected chi connectivity index (χ0v) is 33.9. The SMILES string of the molecule is COc1cc(N[NH+](O)c2ccc(N=Nc3c(S(=O)(=O)O)cc4cc(S(=O)(=O)O)ccc4c3O)c(OC)c2)ccc1N=Nc1c(S(=O)(=O)O)cc2cc(S(=O)(=O)O)ccc2c1[O-]. The van der Waals surface area contributed by atoms with Gasteiger partial charge in [0.05, 0.1) is 35.4 Å². The molecule has 0 heterocycles. The van der Waals surface area contributed by atoms with Crippen molar-refractivity contribution in [3.05, 3.63) is 84.9 Å². The van der Waals surface area contributed by atoms with Crippen molar-refractivity contribution in [2.45, 2.75) is 19.6 Å². The first-order valence-electron chi connectivity index (χ1n) is 16.4. The molecule has 6 aromatic rings. The molecule has 0 saturated heterocycles. The van der Waals surface area contributed by atoms with E-state index >= 15 is 0 Å². The third-order valence-corrected chi connectivity index (χ3v) is 12.0. The second-order valence-corrected chi connectivity index (χ2v) is 18.1. The van der Waals surface area contributed by atoms with Gasteiger partial charge in [-0.25, -0.2) is 5.43 Å². The molecule has 61 heavy (non-hydrogen) atoms. The zero-order chi connectivity index (χ0) is 44.8. The van der Waals surface area contributed by atoms with E-state index in [1.165, 1.54) is 50.6 Å². The van der Waals surface area contributed by atoms with E-state index in [4.69, 9.17) is 9.47 Å². The lowest BCUT2D eigenvalue weighted by atomic mass is 10.1. The van der Waals surface area contributed by atoms with Gasteiger partial charge in [0.1, 0.15) is 32.6 Å². The van der Waals surface area contributed by atoms with Crippen molar-refractivity contribution in [3.8, 4) is 23.0 Å². The number of quaternary nitrogens is 1. The van der Waals surface area contributed by atoms with Crippen LogP contribution in [0.4, 0.5) is 34.1 Å². The highest BCUT2D eigenvalue weighted by Gasteiger charge is 2.25. The number of methoxy groups -OCH3 is 2. The van der Waals surface area contributed by atoms with Gasteiger partial charge in [0.15, 0.2) is 17.2 Å². The minimum absolute atomic E-state index is 0.0191. The van der Waals surface area contributed by atoms with Crippen LogP contribution in [0.2, 0.25) is 0 Å². The van der Waals surface area contributed by atoms with Crippen LogP contribution >= 0.6 is 0 Å². The topological polar surface area (TPSA) is 365 Å². The van der Waals surface area contributed by atoms with E-state index < -0.39 is 88.1 Å². The van der Waals surface area contributed by atoms with E-state index in [0.717, 1.165) is 48.5 Å². The summed E-state index contributed by atoms with van der Waals surface area (Å²) >= 11 is 0. The van der Waals surface area contributed by atoms with Crippen LogP contribution in [0.3, 0.4) is 0 Å². The summed E-state index contributed by atoms with van der Waals surface area (Å²) < 4.78 is 144. The van der Waals surface area contributed by atoms with Gasteiger partial charge in [-0.1, -0.05) is 17.0 Å². The molecule has 1 unspecified atom stereocenters. The summed E-state index contributed by atoms with van der Waals surface area (Å²) in [6, 6.07) is 15.2. The largest absolute Gasteiger partial charge is 0.871 e. The number of hydrogen-bond acceptors (Lipinski definition) is 18. The monoisotopic (exact) mass is 920 g/mol. The second-order valence-electron chi connectivity index (χ2n) is 12.4. The third-order valence-electron chi connectivity index (χ3n) is 8.59. The standard InChI is InChI=1S/C34H28N6O17S4/c1-56-27-15-19(3-9-25(27)35-37-31-29(60(50,51)52)13-17-11-21(58(44,45)46)5-7-23(17)33(31)41)39-40(43)20-4-10-26(28(16-20)57-2)36-38-32-30(61(53,54)55)14-18-12-22(59(47,48)49)6-8-24(18)34(32)42/h3-16,39,41-43H,1-2H3,(H,44,45,46)(H,47,48,49)(H,50,51,52)(H,53,54,55). The quantitative estimate of drug-likeness (QED) is 0.0447. The first-order chi connectivity index (χ1) is 28.4. The average molecular weight is 921 g/mol. The van der Waals surface area contributed by atoms with E-state index in [0.29, 0.717) is 0 Å². The van der Waals surface area contributed by atoms with Gasteiger partial charge in [-0.3, -0.25) is 18.2 Å². The number of phenolic OH excluding ortho intramolecular Hbond substituents is 1. The summed E-state index contributed by atoms with van der Waals surface area (Å²) in [6.07, 6.45) is 0. The van der Waals surface area contributed by atoms with Gasteiger partial charge in [-0.05, 0) is 76.8 Å². The van der Waals surface area contributed by atoms with Gasteiger partial charge in [0.25, 0.3) is 40.5 Å². The molecule has 27 heteroatoms. The van der Waals surface area contributed by atoms with Crippen LogP contribution in [0.5, 0.6) is 23.0 Å². The number of anilines is 1. The Morgan fingerprint density at radius 2 is 1.05 bits per heavy atom. The summed E-state index contributed by atoms with van der Waals surface area (Å²) in [5.41, 5.74) is 1.31. The molecule has 8 N–H and O–H groups in total. The van der Waals surface area contributed by atoms with Crippen molar-refractivity contribution in [2.75, 3.05) is 19.6 Å². The fraction of sp³-hybridized carbons (Fsp3) is 0.0588. The molecule has 0 saturated carbocycles. The molecule has 6 aromatic carbocycles. The predicted molar refractivity (Wildman–Crippen MR) is 209 cm³/mol. The van der Waals surface area contributed by atoms with Crippen molar-refractivity contribution in [1.29, 1.82) is 0 Å². The fourth-order valence-corrected chi connectivity index (χ4v) is 8.06. The van der Waals surface area contributed by atoms with Gasteiger partial charge in [-0.2, -0.15) is 38.9 Å². The summed E-state index contributed by atoms with van der Waals surface area (Å²) in [6.45, 7) is 0. The molecular formula is C34H28N6O17S4. The number of benzene rings is 6. The van der Waals surface area contributed by atoms with Crippen molar-refractivity contribution < 1.29 is 81.9 Å². The number of ether oxygens (including phenoxy) is 2. The minimum Gasteiger partial charge on any atom is -0.871 e. The highest BCUT2D eigenvalue weighted by Crippen LogP contribution is 2.44. The van der Waals surface area contributed by atoms with Gasteiger partial charge in [0, 0.05) is 23.6 Å². The first kappa shape index (κ1) is 44.2. The maximum absolute atomic E-state index is 13.3. The Morgan fingerprint density at radius 3 is 1.57 bits per heavy atom. The van der Waals surface area contributed by atoms with E-state index in [-0.39, 0.29) is 55.8 Å². The first-order valence-corrected chi connectivity index (χ1v) is 22.2. The molecular weight excluding hydrogens is 893 g/mol. The molecule has 1 atom stereocenters. The van der Waals surface area contributed by atoms with Gasteiger partial charge in [0.2, 0.25) is 0 Å². The van der Waals surface area contributed by atoms with Gasteiger partial charge < -0.3 is 19.7 Å². The maximum Gasteiger partial charge on any atom is 0.296 e. The Balaban J connectivity index is 1.27. The Kier molecular flexibility index (Phi) is 11.7. The molecule has 0 amide bonds. The fourth-order valence-electron chi connectivity index (χ4n) is 5.71. The van der Waals surface area contributed by atoms with E-state index in [1.807, 2.05) is 0 Å². The van der Waals surface area contributed by atoms with Crippen LogP contribution in [0.1, 0.15) is 0 Å². The number of fused-ring (bicyclic) bond motifs is 2. The van der Waals surface area contributed by atoms with E-state index in [9.17, 15) is 67.3 Å². The lowest BCUT2D eigenvalue weighted by Crippen LogP contribution is -3.08. The van der Waals surface area contributed by atoms with Crippen molar-refractivity contribution in [2.24, 2.45) is 20.5 Å². The minimum atomic E-state index is -5.13. The Labute approximate surface area is 344 Å². The van der Waals surface area contributed by atoms with E-state index in [2.05, 4.69) is 25.9 Å². The molecule has 0 aliphatic carbocycles. The summed E-state index contributed by atoms with van der Waals surface area (Å²) in [7, 11) is -17.2. The number of hydrogen-bond donors (Lipinski definition) is 8. The molecule has 0 spiro atoms. The molecule has 0 aliphatic heterocycles. The van der Waals surface area contributed by atoms with Crippen LogP contribution in [-0.2, 0) is 40.5 Å². The summed E-state index contributed by atoms with van der Waals surface area (Å²) in [5, 5.41) is 49.3. The number of phenols is 1. The normalized spacial score (nSPS) is 13.3. The Morgan fingerprint density at radius 1 is 0.574 bits per heavy atom. The molecule has 0 fully saturated rings. The van der Waals surface area contributed by atoms with Crippen LogP contribution in [0.15, 0.2) is 125 Å². The maximum atomic E-state index is 13.3. The third kappa shape index (κ3) is 9.34. The zero-order valence-electron chi connectivity index (χ0n) is 30.7. The highest BCUT2D eigenvalue weighted by molar-refractivity contribution is 7.86. The molecule has 0 bridgehead atoms. The lowest BCUT2D eigenvalue weighted by molar-refractivity contribution is -1.02. The second kappa shape index (κ2) is 16.2. The molecule has 0 aliphatic rings. The lowest BCUT2D eigenvalue weighted by Gasteiger charge is -2.17. The van der Waals surface area contributed by atoms with Gasteiger partial charge in [-0.15, -0.1) is 20.5 Å². The number of nitrogens with one attached hydrogen (secondary N) is 2. The highest BCUT2D eigenvalue weighted by atomic mass is 32.2. The van der Waals surface area contributed by atoms with Crippen LogP contribution in [0.25, 0.3) is 21.5 Å². The van der Waals surface area contributed by atoms with Crippen LogP contribution in [-0.4, -0.2) is 76.4 Å². The van der Waals surface area contributed by atoms with Crippen LogP contribution in [0, 0.1) is 0 Å². The van der Waals surface area contributed by atoms with Crippen molar-refractivity contribution in [1.82, 2.24) is 0 Å². The number of aromatic hydroxyl groups is 1. The number of azo groups is 2. The van der Waals surface area contributed by atoms with Crippen LogP contribution < -0.4 is 25.2 Å².